The van der Waals surface area contributed by atoms with Gasteiger partial charge in [-0.3, -0.25) is 14.2 Å². The van der Waals surface area contributed by atoms with E-state index in [0.29, 0.717) is 29.4 Å². The number of benzene rings is 3. The fourth-order valence-electron chi connectivity index (χ4n) is 3.45. The van der Waals surface area contributed by atoms with Crippen molar-refractivity contribution in [2.45, 2.75) is 18.5 Å². The lowest BCUT2D eigenvalue weighted by Crippen LogP contribution is -2.23. The number of rotatable bonds is 9. The largest absolute Gasteiger partial charge is 0.352 e. The van der Waals surface area contributed by atoms with Crippen LogP contribution >= 0.6 is 11.8 Å². The number of thioether (sulfide) groups is 1. The Bertz CT molecular complexity index is 1260. The van der Waals surface area contributed by atoms with E-state index in [1.54, 1.807) is 24.3 Å². The zero-order valence-corrected chi connectivity index (χ0v) is 19.6. The minimum absolute atomic E-state index is 0.154. The van der Waals surface area contributed by atoms with Gasteiger partial charge >= 0.3 is 0 Å². The fraction of sp³-hybridized carbons (Fsp3) is 0.154. The number of carbonyl (C=O) groups is 2. The summed E-state index contributed by atoms with van der Waals surface area (Å²) in [6, 6.07) is 26.8. The van der Waals surface area contributed by atoms with Gasteiger partial charge in [-0.05, 0) is 42.8 Å². The lowest BCUT2D eigenvalue weighted by atomic mass is 10.1. The zero-order valence-electron chi connectivity index (χ0n) is 18.8. The lowest BCUT2D eigenvalue weighted by Gasteiger charge is -2.11. The first-order valence-corrected chi connectivity index (χ1v) is 12.0. The Morgan fingerprint density at radius 1 is 0.912 bits per heavy atom. The van der Waals surface area contributed by atoms with Crippen LogP contribution < -0.4 is 10.6 Å². The maximum Gasteiger partial charge on any atom is 0.251 e. The van der Waals surface area contributed by atoms with E-state index in [9.17, 15) is 9.59 Å². The zero-order chi connectivity index (χ0) is 23.8. The monoisotopic (exact) mass is 471 g/mol. The van der Waals surface area contributed by atoms with Crippen LogP contribution in [-0.4, -0.2) is 38.9 Å². The third-order valence-corrected chi connectivity index (χ3v) is 5.93. The maximum absolute atomic E-state index is 12.6. The molecule has 0 aliphatic carbocycles. The molecule has 0 aliphatic heterocycles. The van der Waals surface area contributed by atoms with Crippen LogP contribution in [0.2, 0.25) is 0 Å². The van der Waals surface area contributed by atoms with Crippen molar-refractivity contribution in [3.63, 3.8) is 0 Å². The summed E-state index contributed by atoms with van der Waals surface area (Å²) in [5, 5.41) is 15.0. The molecule has 4 aromatic rings. The molecule has 0 saturated heterocycles. The Kier molecular flexibility index (Phi) is 7.72. The number of nitrogens with one attached hydrogen (secondary N) is 2. The van der Waals surface area contributed by atoms with Gasteiger partial charge in [0.2, 0.25) is 5.91 Å². The van der Waals surface area contributed by atoms with Crippen LogP contribution in [0.4, 0.5) is 5.69 Å². The normalized spacial score (nSPS) is 10.6. The number of hydrogen-bond acceptors (Lipinski definition) is 5. The van der Waals surface area contributed by atoms with E-state index in [1.807, 2.05) is 60.0 Å². The molecular formula is C26H25N5O2S. The van der Waals surface area contributed by atoms with E-state index >= 15 is 0 Å². The van der Waals surface area contributed by atoms with Crippen molar-refractivity contribution < 1.29 is 9.59 Å². The Labute approximate surface area is 202 Å². The number of nitrogens with zero attached hydrogens (tertiary/aromatic N) is 3. The van der Waals surface area contributed by atoms with E-state index in [4.69, 9.17) is 0 Å². The molecule has 0 radical (unpaired) electrons. The first-order chi connectivity index (χ1) is 16.6. The van der Waals surface area contributed by atoms with Crippen LogP contribution in [-0.2, 0) is 11.2 Å². The van der Waals surface area contributed by atoms with Crippen molar-refractivity contribution in [1.29, 1.82) is 0 Å². The summed E-state index contributed by atoms with van der Waals surface area (Å²) < 4.78 is 1.99. The fourth-order valence-corrected chi connectivity index (χ4v) is 4.22. The second kappa shape index (κ2) is 11.3. The molecule has 0 atom stereocenters. The van der Waals surface area contributed by atoms with Crippen molar-refractivity contribution in [1.82, 2.24) is 20.1 Å². The maximum atomic E-state index is 12.6. The Morgan fingerprint density at radius 2 is 1.65 bits per heavy atom. The average molecular weight is 472 g/mol. The molecule has 0 aliphatic rings. The van der Waals surface area contributed by atoms with Crippen molar-refractivity contribution in [2.24, 2.45) is 0 Å². The third-order valence-electron chi connectivity index (χ3n) is 5.00. The molecule has 2 amide bonds. The van der Waals surface area contributed by atoms with E-state index in [-0.39, 0.29) is 17.6 Å². The lowest BCUT2D eigenvalue weighted by molar-refractivity contribution is -0.113. The number of carbonyl (C=O) groups excluding carboxylic acids is 2. The number of anilines is 1. The van der Waals surface area contributed by atoms with Gasteiger partial charge < -0.3 is 10.6 Å². The molecule has 3 aromatic carbocycles. The van der Waals surface area contributed by atoms with Crippen LogP contribution in [0.5, 0.6) is 0 Å². The summed E-state index contributed by atoms with van der Waals surface area (Å²) in [5.74, 6) is 0.594. The molecule has 0 saturated carbocycles. The number of para-hydroxylation sites is 1. The third kappa shape index (κ3) is 5.90. The van der Waals surface area contributed by atoms with Crippen LogP contribution in [0.15, 0.2) is 90.1 Å². The standard InChI is InChI=1S/C26H25N5O2S/c1-2-27-25(33)20-12-9-13-21(17-20)28-24(32)18-34-26-30-29-23(16-19-10-5-3-6-11-19)31(26)22-14-7-4-8-15-22/h3-15,17H,2,16,18H2,1H3,(H,27,33)(H,28,32). The summed E-state index contributed by atoms with van der Waals surface area (Å²) in [6.07, 6.45) is 0.627. The summed E-state index contributed by atoms with van der Waals surface area (Å²) in [7, 11) is 0. The second-order valence-corrected chi connectivity index (χ2v) is 8.45. The molecule has 4 rings (SSSR count). The highest BCUT2D eigenvalue weighted by Crippen LogP contribution is 2.24. The smallest absolute Gasteiger partial charge is 0.251 e. The predicted octanol–water partition coefficient (Wildman–Crippen LogP) is 4.34. The molecular weight excluding hydrogens is 446 g/mol. The van der Waals surface area contributed by atoms with E-state index in [1.165, 1.54) is 11.8 Å². The van der Waals surface area contributed by atoms with Gasteiger partial charge in [0.1, 0.15) is 5.82 Å². The summed E-state index contributed by atoms with van der Waals surface area (Å²) in [5.41, 5.74) is 3.15. The Morgan fingerprint density at radius 3 is 2.38 bits per heavy atom. The Hall–Kier alpha value is -3.91. The van der Waals surface area contributed by atoms with Crippen LogP contribution in [0.3, 0.4) is 0 Å². The van der Waals surface area contributed by atoms with Gasteiger partial charge in [-0.2, -0.15) is 0 Å². The highest BCUT2D eigenvalue weighted by atomic mass is 32.2. The molecule has 0 unspecified atom stereocenters. The molecule has 0 spiro atoms. The summed E-state index contributed by atoms with van der Waals surface area (Å²) in [6.45, 7) is 2.40. The molecule has 2 N–H and O–H groups in total. The van der Waals surface area contributed by atoms with Gasteiger partial charge in [0.05, 0.1) is 5.75 Å². The summed E-state index contributed by atoms with van der Waals surface area (Å²) in [4.78, 5) is 24.7. The van der Waals surface area contributed by atoms with Crippen molar-refractivity contribution in [2.75, 3.05) is 17.6 Å². The minimum Gasteiger partial charge on any atom is -0.352 e. The topological polar surface area (TPSA) is 88.9 Å². The van der Waals surface area contributed by atoms with Crippen LogP contribution in [0, 0.1) is 0 Å². The number of amides is 2. The minimum atomic E-state index is -0.190. The van der Waals surface area contributed by atoms with Crippen LogP contribution in [0.1, 0.15) is 28.7 Å². The molecule has 7 nitrogen and oxygen atoms in total. The van der Waals surface area contributed by atoms with Crippen molar-refractivity contribution >= 4 is 29.3 Å². The molecule has 0 bridgehead atoms. The predicted molar refractivity (Wildman–Crippen MR) is 134 cm³/mol. The molecule has 1 heterocycles. The molecule has 1 aromatic heterocycles. The van der Waals surface area contributed by atoms with Crippen molar-refractivity contribution in [3.05, 3.63) is 102 Å². The molecule has 0 fully saturated rings. The quantitative estimate of drug-likeness (QED) is 0.355. The highest BCUT2D eigenvalue weighted by molar-refractivity contribution is 7.99. The van der Waals surface area contributed by atoms with Gasteiger partial charge in [0, 0.05) is 29.9 Å². The number of hydrogen-bond donors (Lipinski definition) is 2. The molecule has 34 heavy (non-hydrogen) atoms. The molecule has 172 valence electrons. The van der Waals surface area contributed by atoms with Gasteiger partial charge in [-0.1, -0.05) is 66.4 Å². The molecule has 8 heteroatoms. The van der Waals surface area contributed by atoms with Crippen LogP contribution in [0.25, 0.3) is 5.69 Å². The van der Waals surface area contributed by atoms with Gasteiger partial charge in [0.15, 0.2) is 5.16 Å². The summed E-state index contributed by atoms with van der Waals surface area (Å²) >= 11 is 1.32. The van der Waals surface area contributed by atoms with Gasteiger partial charge in [0.25, 0.3) is 5.91 Å². The second-order valence-electron chi connectivity index (χ2n) is 7.51. The SMILES string of the molecule is CCNC(=O)c1cccc(NC(=O)CSc2nnc(Cc3ccccc3)n2-c2ccccc2)c1. The highest BCUT2D eigenvalue weighted by Gasteiger charge is 2.16. The Balaban J connectivity index is 1.48. The average Bonchev–Trinajstić information content (AvgIpc) is 3.26. The van der Waals surface area contributed by atoms with Crippen molar-refractivity contribution in [3.8, 4) is 5.69 Å². The first-order valence-electron chi connectivity index (χ1n) is 11.0. The van der Waals surface area contributed by atoms with E-state index in [0.717, 1.165) is 17.1 Å². The number of aromatic nitrogens is 3. The van der Waals surface area contributed by atoms with E-state index < -0.39 is 0 Å². The van der Waals surface area contributed by atoms with Gasteiger partial charge in [-0.25, -0.2) is 0 Å². The van der Waals surface area contributed by atoms with E-state index in [2.05, 4.69) is 33.0 Å². The van der Waals surface area contributed by atoms with Gasteiger partial charge in [-0.15, -0.1) is 10.2 Å². The first kappa shape index (κ1) is 23.3.